The Labute approximate surface area is 191 Å². The largest absolute Gasteiger partial charge is 0.325 e. The minimum atomic E-state index is -1.26. The molecule has 2 aromatic rings. The van der Waals surface area contributed by atoms with Crippen LogP contribution < -0.4 is 10.6 Å². The van der Waals surface area contributed by atoms with Crippen molar-refractivity contribution in [2.24, 2.45) is 0 Å². The zero-order valence-corrected chi connectivity index (χ0v) is 19.5. The summed E-state index contributed by atoms with van der Waals surface area (Å²) in [6, 6.07) is 8.34. The molecule has 2 N–H and O–H groups in total. The van der Waals surface area contributed by atoms with E-state index in [-0.39, 0.29) is 16.3 Å². The number of benzene rings is 1. The Kier molecular flexibility index (Phi) is 6.04. The summed E-state index contributed by atoms with van der Waals surface area (Å²) in [6.45, 7) is 9.10. The van der Waals surface area contributed by atoms with Crippen LogP contribution >= 0.6 is 23.2 Å². The summed E-state index contributed by atoms with van der Waals surface area (Å²) in [6.07, 6.45) is 0. The third kappa shape index (κ3) is 4.52. The third-order valence-corrected chi connectivity index (χ3v) is 5.94. The van der Waals surface area contributed by atoms with Gasteiger partial charge in [-0.15, -0.1) is 0 Å². The molecule has 1 aromatic heterocycles. The van der Waals surface area contributed by atoms with Gasteiger partial charge in [-0.1, -0.05) is 68.2 Å². The number of aromatic nitrogens is 1. The molecule has 0 saturated carbocycles. The van der Waals surface area contributed by atoms with Gasteiger partial charge in [0, 0.05) is 0 Å². The fourth-order valence-electron chi connectivity index (χ4n) is 3.30. The summed E-state index contributed by atoms with van der Waals surface area (Å²) >= 11 is 12.0. The van der Waals surface area contributed by atoms with Gasteiger partial charge in [0.2, 0.25) is 5.91 Å². The molecule has 7 nitrogen and oxygen atoms in total. The van der Waals surface area contributed by atoms with Crippen LogP contribution in [-0.2, 0) is 20.5 Å². The van der Waals surface area contributed by atoms with Crippen molar-refractivity contribution in [2.45, 2.75) is 45.6 Å². The highest BCUT2D eigenvalue weighted by Crippen LogP contribution is 2.31. The first-order valence-electron chi connectivity index (χ1n) is 9.70. The molecule has 1 aromatic carbocycles. The highest BCUT2D eigenvalue weighted by Gasteiger charge is 2.49. The second kappa shape index (κ2) is 8.13. The van der Waals surface area contributed by atoms with Crippen molar-refractivity contribution >= 4 is 46.9 Å². The maximum atomic E-state index is 13.1. The Morgan fingerprint density at radius 2 is 1.77 bits per heavy atom. The lowest BCUT2D eigenvalue weighted by molar-refractivity contribution is -0.133. The first-order chi connectivity index (χ1) is 14.3. The van der Waals surface area contributed by atoms with Gasteiger partial charge < -0.3 is 10.6 Å². The van der Waals surface area contributed by atoms with E-state index in [1.807, 2.05) is 24.3 Å². The normalized spacial score (nSPS) is 18.9. The second-order valence-electron chi connectivity index (χ2n) is 8.71. The molecule has 1 fully saturated rings. The van der Waals surface area contributed by atoms with Gasteiger partial charge in [0.25, 0.3) is 5.91 Å². The topological polar surface area (TPSA) is 91.4 Å². The number of nitrogens with zero attached hydrogens (tertiary/aromatic N) is 2. The zero-order chi connectivity index (χ0) is 23.1. The third-order valence-electron chi connectivity index (χ3n) is 5.27. The van der Waals surface area contributed by atoms with E-state index in [0.29, 0.717) is 16.3 Å². The van der Waals surface area contributed by atoms with Crippen LogP contribution in [0.4, 0.5) is 10.6 Å². The zero-order valence-electron chi connectivity index (χ0n) is 18.0. The van der Waals surface area contributed by atoms with E-state index in [0.717, 1.165) is 10.5 Å². The van der Waals surface area contributed by atoms with E-state index in [9.17, 15) is 14.4 Å². The number of carbonyl (C=O) groups excluding carboxylic acids is 3. The SMILES string of the molecule is Cc1nc(NC(=O)CN2C(=O)NC(C)(c3ccc(C(C)(C)C)cc3)C2=O)c(Cl)cc1Cl. The lowest BCUT2D eigenvalue weighted by atomic mass is 9.84. The van der Waals surface area contributed by atoms with E-state index in [1.54, 1.807) is 13.8 Å². The Hall–Kier alpha value is -2.64. The van der Waals surface area contributed by atoms with Crippen molar-refractivity contribution in [1.82, 2.24) is 15.2 Å². The summed E-state index contributed by atoms with van der Waals surface area (Å²) in [7, 11) is 0. The second-order valence-corrected chi connectivity index (χ2v) is 9.52. The molecule has 0 aliphatic carbocycles. The molecule has 0 bridgehead atoms. The van der Waals surface area contributed by atoms with Gasteiger partial charge >= 0.3 is 6.03 Å². The number of carbonyl (C=O) groups is 3. The van der Waals surface area contributed by atoms with Crippen LogP contribution in [0.2, 0.25) is 10.0 Å². The lowest BCUT2D eigenvalue weighted by Gasteiger charge is -2.24. The minimum Gasteiger partial charge on any atom is -0.319 e. The van der Waals surface area contributed by atoms with Crippen molar-refractivity contribution < 1.29 is 14.4 Å². The van der Waals surface area contributed by atoms with Crippen LogP contribution in [-0.4, -0.2) is 34.3 Å². The molecule has 1 atom stereocenters. The van der Waals surface area contributed by atoms with Crippen molar-refractivity contribution in [2.75, 3.05) is 11.9 Å². The highest BCUT2D eigenvalue weighted by atomic mass is 35.5. The number of urea groups is 1. The Bertz CT molecular complexity index is 1060. The van der Waals surface area contributed by atoms with Crippen LogP contribution in [0.15, 0.2) is 30.3 Å². The molecule has 1 unspecified atom stereocenters. The molecule has 0 radical (unpaired) electrons. The van der Waals surface area contributed by atoms with E-state index in [2.05, 4.69) is 36.4 Å². The standard InChI is InChI=1S/C22H24Cl2N4O3/c1-12-15(23)10-16(24)18(25-12)26-17(29)11-28-19(30)22(5,27-20(28)31)14-8-6-13(7-9-14)21(2,3)4/h6-10H,11H2,1-5H3,(H,27,31)(H,25,26,29). The number of amides is 4. The number of aryl methyl sites for hydroxylation is 1. The van der Waals surface area contributed by atoms with E-state index in [4.69, 9.17) is 23.2 Å². The van der Waals surface area contributed by atoms with E-state index < -0.39 is 29.9 Å². The van der Waals surface area contributed by atoms with Gasteiger partial charge in [-0.2, -0.15) is 0 Å². The number of hydrogen-bond donors (Lipinski definition) is 2. The smallest absolute Gasteiger partial charge is 0.319 e. The molecule has 2 heterocycles. The summed E-state index contributed by atoms with van der Waals surface area (Å²) in [5.74, 6) is -1.00. The summed E-state index contributed by atoms with van der Waals surface area (Å²) in [5.41, 5.74) is 0.931. The number of nitrogens with one attached hydrogen (secondary N) is 2. The van der Waals surface area contributed by atoms with Gasteiger partial charge in [-0.25, -0.2) is 9.78 Å². The molecule has 4 amide bonds. The first-order valence-corrected chi connectivity index (χ1v) is 10.5. The highest BCUT2D eigenvalue weighted by molar-refractivity contribution is 6.36. The van der Waals surface area contributed by atoms with Gasteiger partial charge in [0.15, 0.2) is 5.82 Å². The Balaban J connectivity index is 1.77. The summed E-state index contributed by atoms with van der Waals surface area (Å²) in [4.78, 5) is 43.1. The lowest BCUT2D eigenvalue weighted by Crippen LogP contribution is -2.42. The number of pyridine rings is 1. The Morgan fingerprint density at radius 1 is 1.16 bits per heavy atom. The van der Waals surface area contributed by atoms with E-state index in [1.165, 1.54) is 6.07 Å². The molecule has 9 heteroatoms. The van der Waals surface area contributed by atoms with Crippen LogP contribution in [0.25, 0.3) is 0 Å². The van der Waals surface area contributed by atoms with Crippen molar-refractivity contribution in [1.29, 1.82) is 0 Å². The van der Waals surface area contributed by atoms with Crippen LogP contribution in [0.1, 0.15) is 44.5 Å². The number of imide groups is 1. The van der Waals surface area contributed by atoms with Crippen LogP contribution in [0.3, 0.4) is 0 Å². The predicted octanol–water partition coefficient (Wildman–Crippen LogP) is 4.40. The molecule has 0 spiro atoms. The minimum absolute atomic E-state index is 0.0399. The maximum absolute atomic E-state index is 13.1. The van der Waals surface area contributed by atoms with Crippen molar-refractivity contribution in [3.05, 3.63) is 57.2 Å². The van der Waals surface area contributed by atoms with Crippen molar-refractivity contribution in [3.8, 4) is 0 Å². The number of halogens is 2. The fourth-order valence-corrected chi connectivity index (χ4v) is 3.71. The van der Waals surface area contributed by atoms with Gasteiger partial charge in [0.1, 0.15) is 12.1 Å². The Morgan fingerprint density at radius 3 is 2.35 bits per heavy atom. The average Bonchev–Trinajstić information content (AvgIpc) is 2.89. The molecule has 164 valence electrons. The molecular formula is C22H24Cl2N4O3. The van der Waals surface area contributed by atoms with Gasteiger partial charge in [-0.3, -0.25) is 14.5 Å². The predicted molar refractivity (Wildman–Crippen MR) is 120 cm³/mol. The molecular weight excluding hydrogens is 439 g/mol. The summed E-state index contributed by atoms with van der Waals surface area (Å²) < 4.78 is 0. The molecule has 1 saturated heterocycles. The molecule has 1 aliphatic heterocycles. The van der Waals surface area contributed by atoms with Crippen LogP contribution in [0, 0.1) is 6.92 Å². The molecule has 1 aliphatic rings. The molecule has 3 rings (SSSR count). The molecule has 31 heavy (non-hydrogen) atoms. The summed E-state index contributed by atoms with van der Waals surface area (Å²) in [5, 5.41) is 5.75. The van der Waals surface area contributed by atoms with E-state index >= 15 is 0 Å². The quantitative estimate of drug-likeness (QED) is 0.658. The first kappa shape index (κ1) is 23.0. The average molecular weight is 463 g/mol. The van der Waals surface area contributed by atoms with Crippen molar-refractivity contribution in [3.63, 3.8) is 0 Å². The number of anilines is 1. The van der Waals surface area contributed by atoms with Gasteiger partial charge in [-0.05, 0) is 36.5 Å². The fraction of sp³-hybridized carbons (Fsp3) is 0.364. The van der Waals surface area contributed by atoms with Gasteiger partial charge in [0.05, 0.1) is 15.7 Å². The van der Waals surface area contributed by atoms with Crippen LogP contribution in [0.5, 0.6) is 0 Å². The number of rotatable bonds is 4. The maximum Gasteiger partial charge on any atom is 0.325 e. The monoisotopic (exact) mass is 462 g/mol. The number of hydrogen-bond acceptors (Lipinski definition) is 4.